The third kappa shape index (κ3) is 10.2. The zero-order chi connectivity index (χ0) is 42.8. The summed E-state index contributed by atoms with van der Waals surface area (Å²) in [4.78, 5) is 22.4. The van der Waals surface area contributed by atoms with E-state index in [1.165, 1.54) is 16.7 Å². The van der Waals surface area contributed by atoms with E-state index in [4.69, 9.17) is 25.8 Å². The molecule has 1 amide bonds. The molecule has 1 saturated carbocycles. The standard InChI is InChI=1S/C45H55ClFN7O6S/c1-44(2)13-12-31(37(24-44)30-6-8-33(46)9-7-30)28-53-16-18-54(19-17-53)34-10-11-36(41(23-34)60-40-5-3-4-39-38(40)27-50-51-39)42(55)52-61(56,57)35-22-32(25-48)43(49-26-35)59-29-45(47)14-20-58-21-15-45/h6-11,22-23,26,38-40,50-51H,3-5,12-21,24,27-29H2,1-2H3,(H,52,55). The monoisotopic (exact) mass is 875 g/mol. The fraction of sp³-hybridized carbons (Fsp3) is 0.533. The van der Waals surface area contributed by atoms with Crippen molar-refractivity contribution in [3.05, 3.63) is 82.0 Å². The molecule has 1 aromatic heterocycles. The fourth-order valence-corrected chi connectivity index (χ4v) is 10.3. The van der Waals surface area contributed by atoms with E-state index in [1.807, 2.05) is 30.3 Å². The van der Waals surface area contributed by atoms with Gasteiger partial charge in [0.05, 0.1) is 11.8 Å². The number of sulfonamides is 1. The van der Waals surface area contributed by atoms with Crippen molar-refractivity contribution in [1.82, 2.24) is 25.5 Å². The highest BCUT2D eigenvalue weighted by Crippen LogP contribution is 2.43. The molecular formula is C45H55ClFN7O6S. The normalized spacial score (nSPS) is 24.1. The number of carbonyl (C=O) groups is 1. The summed E-state index contributed by atoms with van der Waals surface area (Å²) in [6.45, 7) is 9.71. The Morgan fingerprint density at radius 1 is 1.08 bits per heavy atom. The van der Waals surface area contributed by atoms with Crippen LogP contribution in [0, 0.1) is 22.7 Å². The van der Waals surface area contributed by atoms with Gasteiger partial charge in [-0.1, -0.05) is 43.2 Å². The summed E-state index contributed by atoms with van der Waals surface area (Å²) >= 11 is 6.25. The summed E-state index contributed by atoms with van der Waals surface area (Å²) in [5, 5.41) is 10.6. The average molecular weight is 876 g/mol. The number of amides is 1. The van der Waals surface area contributed by atoms with Gasteiger partial charge >= 0.3 is 0 Å². The zero-order valence-corrected chi connectivity index (χ0v) is 36.4. The van der Waals surface area contributed by atoms with Crippen LogP contribution in [0.25, 0.3) is 5.57 Å². The van der Waals surface area contributed by atoms with Gasteiger partial charge < -0.3 is 19.1 Å². The summed E-state index contributed by atoms with van der Waals surface area (Å²) in [5.41, 5.74) is 10.1. The third-order valence-electron chi connectivity index (χ3n) is 13.0. The van der Waals surface area contributed by atoms with Crippen molar-refractivity contribution in [2.75, 3.05) is 64.0 Å². The molecule has 16 heteroatoms. The van der Waals surface area contributed by atoms with Gasteiger partial charge in [0.15, 0.2) is 0 Å². The molecule has 3 unspecified atom stereocenters. The molecule has 2 aromatic carbocycles. The second-order valence-electron chi connectivity index (χ2n) is 17.9. The van der Waals surface area contributed by atoms with Gasteiger partial charge in [-0.15, -0.1) is 0 Å². The molecule has 3 atom stereocenters. The SMILES string of the molecule is CC1(C)CCC(CN2CCN(c3ccc(C(=O)NS(=O)(=O)c4cnc(OCC5(F)CCOCC5)c(C#N)c4)c(OC4CCCC5NNCC54)c3)CC2)=C(c2ccc(Cl)cc2)C1. The minimum Gasteiger partial charge on any atom is -0.489 e. The number of allylic oxidation sites excluding steroid dienone is 1. The lowest BCUT2D eigenvalue weighted by atomic mass is 9.72. The number of piperazine rings is 1. The maximum atomic E-state index is 15.1. The number of hydrogen-bond donors (Lipinski definition) is 3. The van der Waals surface area contributed by atoms with Crippen molar-refractivity contribution in [3.63, 3.8) is 0 Å². The topological polar surface area (TPSA) is 158 Å². The number of ether oxygens (including phenoxy) is 3. The summed E-state index contributed by atoms with van der Waals surface area (Å²) in [7, 11) is -4.51. The molecule has 13 nitrogen and oxygen atoms in total. The van der Waals surface area contributed by atoms with Crippen LogP contribution >= 0.6 is 11.6 Å². The minimum atomic E-state index is -4.51. The highest BCUT2D eigenvalue weighted by Gasteiger charge is 2.39. The molecule has 0 radical (unpaired) electrons. The van der Waals surface area contributed by atoms with Crippen molar-refractivity contribution in [2.24, 2.45) is 11.3 Å². The fourth-order valence-electron chi connectivity index (χ4n) is 9.28. The number of benzene rings is 2. The molecule has 4 fully saturated rings. The van der Waals surface area contributed by atoms with Crippen LogP contribution in [0.4, 0.5) is 10.1 Å². The van der Waals surface area contributed by atoms with Gasteiger partial charge in [0, 0.05) is 94.1 Å². The van der Waals surface area contributed by atoms with Crippen molar-refractivity contribution in [3.8, 4) is 17.7 Å². The zero-order valence-electron chi connectivity index (χ0n) is 34.9. The van der Waals surface area contributed by atoms with Crippen LogP contribution in [-0.4, -0.2) is 101 Å². The first-order valence-electron chi connectivity index (χ1n) is 21.4. The number of nitrogens with zero attached hydrogens (tertiary/aromatic N) is 4. The number of anilines is 1. The van der Waals surface area contributed by atoms with Gasteiger partial charge in [0.2, 0.25) is 5.88 Å². The van der Waals surface area contributed by atoms with Gasteiger partial charge in [-0.3, -0.25) is 20.5 Å². The van der Waals surface area contributed by atoms with Crippen LogP contribution in [0.5, 0.6) is 11.6 Å². The molecule has 4 heterocycles. The predicted molar refractivity (Wildman–Crippen MR) is 231 cm³/mol. The summed E-state index contributed by atoms with van der Waals surface area (Å²) in [6.07, 6.45) is 7.06. The lowest BCUT2D eigenvalue weighted by molar-refractivity contribution is -0.0331. The molecule has 3 N–H and O–H groups in total. The van der Waals surface area contributed by atoms with Crippen LogP contribution in [0.3, 0.4) is 0 Å². The lowest BCUT2D eigenvalue weighted by Gasteiger charge is -2.39. The number of pyridine rings is 1. The number of hydrazine groups is 1. The second kappa shape index (κ2) is 18.2. The molecule has 0 bridgehead atoms. The van der Waals surface area contributed by atoms with Gasteiger partial charge in [-0.25, -0.2) is 22.5 Å². The third-order valence-corrected chi connectivity index (χ3v) is 14.5. The van der Waals surface area contributed by atoms with Crippen molar-refractivity contribution >= 4 is 38.8 Å². The van der Waals surface area contributed by atoms with E-state index in [2.05, 4.69) is 56.3 Å². The number of fused-ring (bicyclic) bond motifs is 1. The summed E-state index contributed by atoms with van der Waals surface area (Å²) < 4.78 is 62.1. The molecule has 3 aliphatic heterocycles. The Labute approximate surface area is 363 Å². The molecule has 8 rings (SSSR count). The van der Waals surface area contributed by atoms with Crippen molar-refractivity contribution < 1.29 is 31.8 Å². The first-order valence-corrected chi connectivity index (χ1v) is 23.2. The molecule has 3 aromatic rings. The van der Waals surface area contributed by atoms with E-state index in [0.717, 1.165) is 101 Å². The summed E-state index contributed by atoms with van der Waals surface area (Å²) in [6, 6.07) is 16.7. The number of rotatable bonds is 12. The number of carbonyl (C=O) groups excluding carboxylic acids is 1. The maximum Gasteiger partial charge on any atom is 0.268 e. The highest BCUT2D eigenvalue weighted by molar-refractivity contribution is 7.90. The first-order chi connectivity index (χ1) is 29.3. The van der Waals surface area contributed by atoms with Crippen LogP contribution in [0.2, 0.25) is 5.02 Å². The van der Waals surface area contributed by atoms with E-state index in [0.29, 0.717) is 5.75 Å². The molecule has 0 spiro atoms. The predicted octanol–water partition coefficient (Wildman–Crippen LogP) is 6.43. The number of alkyl halides is 1. The van der Waals surface area contributed by atoms with Crippen molar-refractivity contribution in [1.29, 1.82) is 5.26 Å². The molecule has 326 valence electrons. The van der Waals surface area contributed by atoms with E-state index in [9.17, 15) is 18.5 Å². The Bertz CT molecular complexity index is 2270. The minimum absolute atomic E-state index is 0.0759. The number of hydrogen-bond acceptors (Lipinski definition) is 12. The van der Waals surface area contributed by atoms with Gasteiger partial charge in [-0.05, 0) is 85.4 Å². The second-order valence-corrected chi connectivity index (χ2v) is 20.0. The van der Waals surface area contributed by atoms with E-state index in [1.54, 1.807) is 6.07 Å². The van der Waals surface area contributed by atoms with Crippen LogP contribution < -0.4 is 29.9 Å². The van der Waals surface area contributed by atoms with E-state index < -0.39 is 26.5 Å². The van der Waals surface area contributed by atoms with Gasteiger partial charge in [-0.2, -0.15) is 5.26 Å². The molecule has 5 aliphatic rings. The molecule has 3 saturated heterocycles. The van der Waals surface area contributed by atoms with Crippen LogP contribution in [0.1, 0.15) is 86.7 Å². The van der Waals surface area contributed by atoms with Crippen LogP contribution in [0.15, 0.2) is 65.2 Å². The van der Waals surface area contributed by atoms with Crippen LogP contribution in [-0.2, 0) is 14.8 Å². The summed E-state index contributed by atoms with van der Waals surface area (Å²) in [5.74, 6) is -0.587. The van der Waals surface area contributed by atoms with Gasteiger partial charge in [0.25, 0.3) is 15.9 Å². The number of aromatic nitrogens is 1. The quantitative estimate of drug-likeness (QED) is 0.184. The Kier molecular flexibility index (Phi) is 12.9. The van der Waals surface area contributed by atoms with E-state index in [-0.39, 0.29) is 73.1 Å². The highest BCUT2D eigenvalue weighted by atomic mass is 35.5. The lowest BCUT2D eigenvalue weighted by Crippen LogP contribution is -2.47. The van der Waals surface area contributed by atoms with E-state index >= 15 is 4.39 Å². The van der Waals surface area contributed by atoms with Gasteiger partial charge in [0.1, 0.15) is 40.7 Å². The Balaban J connectivity index is 0.985. The molecular weight excluding hydrogens is 821 g/mol. The Hall–Kier alpha value is -4.30. The Morgan fingerprint density at radius 2 is 1.85 bits per heavy atom. The largest absolute Gasteiger partial charge is 0.489 e. The number of nitriles is 1. The maximum absolute atomic E-state index is 15.1. The number of nitrogens with one attached hydrogen (secondary N) is 3. The van der Waals surface area contributed by atoms with Crippen molar-refractivity contribution in [2.45, 2.75) is 87.9 Å². The average Bonchev–Trinajstić information content (AvgIpc) is 3.74. The Morgan fingerprint density at radius 3 is 2.61 bits per heavy atom. The number of halogens is 2. The molecule has 2 aliphatic carbocycles. The smallest absolute Gasteiger partial charge is 0.268 e. The molecule has 61 heavy (non-hydrogen) atoms. The first kappa shape index (κ1) is 43.4.